The van der Waals surface area contributed by atoms with Crippen molar-refractivity contribution in [3.05, 3.63) is 71.3 Å². The Kier molecular flexibility index (Phi) is 4.36. The van der Waals surface area contributed by atoms with Gasteiger partial charge in [0.1, 0.15) is 0 Å². The van der Waals surface area contributed by atoms with E-state index in [-0.39, 0.29) is 0 Å². The molecule has 2 heteroatoms. The lowest BCUT2D eigenvalue weighted by molar-refractivity contribution is 0.101. The van der Waals surface area contributed by atoms with Gasteiger partial charge in [-0.05, 0) is 12.5 Å². The molecule has 0 aliphatic rings. The highest BCUT2D eigenvalue weighted by Gasteiger charge is 2.07. The second kappa shape index (κ2) is 6.42. The Balaban J connectivity index is 2.01. The van der Waals surface area contributed by atoms with Crippen molar-refractivity contribution in [1.29, 1.82) is 0 Å². The second-order valence-corrected chi connectivity index (χ2v) is 4.21. The van der Waals surface area contributed by atoms with E-state index in [1.807, 2.05) is 61.5 Å². The van der Waals surface area contributed by atoms with Crippen LogP contribution in [-0.2, 0) is 4.84 Å². The van der Waals surface area contributed by atoms with Gasteiger partial charge in [0.25, 0.3) is 0 Å². The monoisotopic (exact) mass is 249 g/mol. The van der Waals surface area contributed by atoms with Gasteiger partial charge in [0.05, 0.1) is 6.21 Å². The molecule has 94 valence electrons. The van der Waals surface area contributed by atoms with Crippen LogP contribution in [0.1, 0.15) is 22.8 Å². The van der Waals surface area contributed by atoms with E-state index in [2.05, 4.69) is 11.1 Å². The molecule has 0 saturated heterocycles. The average molecular weight is 249 g/mol. The number of hydrogen-bond donors (Lipinski definition) is 0. The lowest BCUT2D eigenvalue weighted by Crippen LogP contribution is -1.97. The van der Waals surface area contributed by atoms with E-state index in [1.54, 1.807) is 6.21 Å². The van der Waals surface area contributed by atoms with Gasteiger partial charge in [0.2, 0.25) is 6.10 Å². The number of nitrogens with zero attached hydrogens (tertiary/aromatic N) is 1. The van der Waals surface area contributed by atoms with Gasteiger partial charge in [-0.25, -0.2) is 0 Å². The molecule has 1 unspecified atom stereocenters. The third-order valence-corrected chi connectivity index (χ3v) is 2.70. The minimum absolute atomic E-state index is 0.456. The van der Waals surface area contributed by atoms with E-state index in [0.29, 0.717) is 0 Å². The zero-order chi connectivity index (χ0) is 13.5. The maximum Gasteiger partial charge on any atom is 0.212 e. The standard InChI is InChI=1S/C17H15NO/c1-3-17(16-7-5-4-6-8-16)19-18-13-15-11-9-14(2)10-12-15/h1,4-13,17H,2H3/b18-13+. The maximum absolute atomic E-state index is 5.46. The second-order valence-electron chi connectivity index (χ2n) is 4.21. The molecular formula is C17H15NO. The highest BCUT2D eigenvalue weighted by Crippen LogP contribution is 2.16. The highest BCUT2D eigenvalue weighted by molar-refractivity contribution is 5.79. The van der Waals surface area contributed by atoms with Crippen molar-refractivity contribution in [3.8, 4) is 12.3 Å². The van der Waals surface area contributed by atoms with Gasteiger partial charge >= 0.3 is 0 Å². The molecular weight excluding hydrogens is 234 g/mol. The molecule has 0 bridgehead atoms. The SMILES string of the molecule is C#CC(O/N=C/c1ccc(C)cc1)c1ccccc1. The summed E-state index contributed by atoms with van der Waals surface area (Å²) in [5, 5.41) is 3.95. The smallest absolute Gasteiger partial charge is 0.212 e. The molecule has 2 nitrogen and oxygen atoms in total. The van der Waals surface area contributed by atoms with E-state index in [0.717, 1.165) is 11.1 Å². The maximum atomic E-state index is 5.46. The normalized spacial score (nSPS) is 12.0. The van der Waals surface area contributed by atoms with E-state index in [1.165, 1.54) is 5.56 Å². The lowest BCUT2D eigenvalue weighted by atomic mass is 10.1. The van der Waals surface area contributed by atoms with Gasteiger partial charge in [0, 0.05) is 5.56 Å². The van der Waals surface area contributed by atoms with Crippen LogP contribution in [0.15, 0.2) is 59.8 Å². The van der Waals surface area contributed by atoms with Gasteiger partial charge in [0.15, 0.2) is 0 Å². The number of aryl methyl sites for hydroxylation is 1. The Bertz CT molecular complexity index is 579. The van der Waals surface area contributed by atoms with Gasteiger partial charge in [-0.1, -0.05) is 71.2 Å². The number of hydrogen-bond acceptors (Lipinski definition) is 2. The van der Waals surface area contributed by atoms with E-state index in [4.69, 9.17) is 11.3 Å². The van der Waals surface area contributed by atoms with E-state index in [9.17, 15) is 0 Å². The number of oxime groups is 1. The Hall–Kier alpha value is -2.53. The fourth-order valence-corrected chi connectivity index (χ4v) is 1.62. The van der Waals surface area contributed by atoms with Gasteiger partial charge in [-0.2, -0.15) is 0 Å². The van der Waals surface area contributed by atoms with Crippen LogP contribution in [0.25, 0.3) is 0 Å². The molecule has 0 amide bonds. The first kappa shape index (κ1) is 12.9. The van der Waals surface area contributed by atoms with Crippen molar-refractivity contribution in [2.24, 2.45) is 5.16 Å². The molecule has 0 N–H and O–H groups in total. The van der Waals surface area contributed by atoms with E-state index >= 15 is 0 Å². The summed E-state index contributed by atoms with van der Waals surface area (Å²) in [7, 11) is 0. The first-order valence-corrected chi connectivity index (χ1v) is 6.06. The Morgan fingerprint density at radius 1 is 1.11 bits per heavy atom. The summed E-state index contributed by atoms with van der Waals surface area (Å²) in [6, 6.07) is 17.6. The molecule has 0 heterocycles. The molecule has 0 fully saturated rings. The largest absolute Gasteiger partial charge is 0.374 e. The van der Waals surface area contributed by atoms with Crippen LogP contribution in [0, 0.1) is 19.3 Å². The highest BCUT2D eigenvalue weighted by atomic mass is 16.6. The molecule has 2 rings (SSSR count). The molecule has 0 saturated carbocycles. The van der Waals surface area contributed by atoms with Gasteiger partial charge in [-0.3, -0.25) is 0 Å². The summed E-state index contributed by atoms with van der Waals surface area (Å²) in [5.41, 5.74) is 3.12. The molecule has 2 aromatic rings. The minimum Gasteiger partial charge on any atom is -0.374 e. The third-order valence-electron chi connectivity index (χ3n) is 2.70. The topological polar surface area (TPSA) is 21.6 Å². The summed E-state index contributed by atoms with van der Waals surface area (Å²) < 4.78 is 0. The summed E-state index contributed by atoms with van der Waals surface area (Å²) in [5.74, 6) is 2.58. The molecule has 1 atom stereocenters. The minimum atomic E-state index is -0.456. The van der Waals surface area contributed by atoms with Crippen LogP contribution in [0.4, 0.5) is 0 Å². The fourth-order valence-electron chi connectivity index (χ4n) is 1.62. The average Bonchev–Trinajstić information content (AvgIpc) is 2.46. The quantitative estimate of drug-likeness (QED) is 0.460. The molecule has 0 aliphatic carbocycles. The van der Waals surface area contributed by atoms with Crippen molar-refractivity contribution in [1.82, 2.24) is 0 Å². The molecule has 0 spiro atoms. The Labute approximate surface area is 113 Å². The van der Waals surface area contributed by atoms with Crippen molar-refractivity contribution in [3.63, 3.8) is 0 Å². The van der Waals surface area contributed by atoms with Gasteiger partial charge in [-0.15, -0.1) is 6.42 Å². The predicted octanol–water partition coefficient (Wildman–Crippen LogP) is 3.72. The summed E-state index contributed by atoms with van der Waals surface area (Å²) in [4.78, 5) is 5.34. The van der Waals surface area contributed by atoms with Crippen LogP contribution >= 0.6 is 0 Å². The van der Waals surface area contributed by atoms with Crippen LogP contribution in [-0.4, -0.2) is 6.21 Å². The van der Waals surface area contributed by atoms with Crippen molar-refractivity contribution >= 4 is 6.21 Å². The molecule has 2 aromatic carbocycles. The fraction of sp³-hybridized carbons (Fsp3) is 0.118. The summed E-state index contributed by atoms with van der Waals surface area (Å²) in [6.07, 6.45) is 6.66. The van der Waals surface area contributed by atoms with E-state index < -0.39 is 6.10 Å². The Morgan fingerprint density at radius 2 is 1.79 bits per heavy atom. The summed E-state index contributed by atoms with van der Waals surface area (Å²) in [6.45, 7) is 2.04. The van der Waals surface area contributed by atoms with Crippen LogP contribution in [0.3, 0.4) is 0 Å². The van der Waals surface area contributed by atoms with Crippen LogP contribution < -0.4 is 0 Å². The van der Waals surface area contributed by atoms with Crippen molar-refractivity contribution < 1.29 is 4.84 Å². The summed E-state index contributed by atoms with van der Waals surface area (Å²) >= 11 is 0. The first-order chi connectivity index (χ1) is 9.29. The molecule has 0 aromatic heterocycles. The van der Waals surface area contributed by atoms with Crippen LogP contribution in [0.5, 0.6) is 0 Å². The molecule has 0 aliphatic heterocycles. The third kappa shape index (κ3) is 3.72. The zero-order valence-corrected chi connectivity index (χ0v) is 10.8. The first-order valence-electron chi connectivity index (χ1n) is 6.06. The lowest BCUT2D eigenvalue weighted by Gasteiger charge is -2.08. The molecule has 0 radical (unpaired) electrons. The van der Waals surface area contributed by atoms with Crippen molar-refractivity contribution in [2.75, 3.05) is 0 Å². The number of benzene rings is 2. The molecule has 19 heavy (non-hydrogen) atoms. The number of terminal acetylenes is 1. The zero-order valence-electron chi connectivity index (χ0n) is 10.8. The van der Waals surface area contributed by atoms with Crippen molar-refractivity contribution in [2.45, 2.75) is 13.0 Å². The van der Waals surface area contributed by atoms with Crippen LogP contribution in [0.2, 0.25) is 0 Å². The predicted molar refractivity (Wildman–Crippen MR) is 77.9 cm³/mol. The van der Waals surface area contributed by atoms with Gasteiger partial charge < -0.3 is 4.84 Å². The Morgan fingerprint density at radius 3 is 2.42 bits per heavy atom. The number of rotatable bonds is 4.